The number of furan rings is 1. The van der Waals surface area contributed by atoms with E-state index in [-0.39, 0.29) is 27.9 Å². The van der Waals surface area contributed by atoms with Gasteiger partial charge in [-0.25, -0.2) is 8.96 Å². The van der Waals surface area contributed by atoms with E-state index in [1.165, 1.54) is 13.2 Å². The summed E-state index contributed by atoms with van der Waals surface area (Å²) in [5, 5.41) is 0.724. The highest BCUT2D eigenvalue weighted by Gasteiger charge is 2.28. The lowest BCUT2D eigenvalue weighted by Crippen LogP contribution is -2.30. The van der Waals surface area contributed by atoms with Gasteiger partial charge in [0.25, 0.3) is 0 Å². The Morgan fingerprint density at radius 3 is 2.50 bits per heavy atom. The van der Waals surface area contributed by atoms with Crippen molar-refractivity contribution in [2.45, 2.75) is 27.1 Å². The Morgan fingerprint density at radius 1 is 1.06 bits per heavy atom. The number of aryl methyl sites for hydroxylation is 1. The van der Waals surface area contributed by atoms with Crippen molar-refractivity contribution in [3.05, 3.63) is 84.2 Å². The molecule has 0 aliphatic carbocycles. The van der Waals surface area contributed by atoms with Crippen LogP contribution in [0.15, 0.2) is 77.2 Å². The third kappa shape index (κ3) is 3.73. The zero-order valence-corrected chi connectivity index (χ0v) is 19.7. The van der Waals surface area contributed by atoms with Crippen LogP contribution in [0.25, 0.3) is 44.3 Å². The van der Waals surface area contributed by atoms with Crippen LogP contribution in [-0.4, -0.2) is 7.11 Å². The van der Waals surface area contributed by atoms with Crippen LogP contribution < -0.4 is 9.30 Å². The first kappa shape index (κ1) is 15.3. The summed E-state index contributed by atoms with van der Waals surface area (Å²) < 4.78 is 89.4. The molecular weight excluding hydrogens is 425 g/mol. The molecule has 3 nitrogen and oxygen atoms in total. The van der Waals surface area contributed by atoms with Crippen LogP contribution in [0.2, 0.25) is 0 Å². The first-order valence-corrected chi connectivity index (χ1v) is 10.9. The SMILES string of the molecule is [2H]c1c([2H])c([2H])c(-c2c(F)ccc3c2oc2c(-c4cccc[n+]4C)c(OC)cc(C([2H])([2H])C(C)(C)C)c23)c([2H])c1[2H]. The van der Waals surface area contributed by atoms with Crippen LogP contribution in [0.3, 0.4) is 0 Å². The van der Waals surface area contributed by atoms with Gasteiger partial charge in [0, 0.05) is 25.6 Å². The van der Waals surface area contributed by atoms with Gasteiger partial charge < -0.3 is 9.15 Å². The minimum Gasteiger partial charge on any atom is -0.496 e. The first-order valence-electron chi connectivity index (χ1n) is 14.4. The summed E-state index contributed by atoms with van der Waals surface area (Å²) in [5.41, 5.74) is 0.113. The van der Waals surface area contributed by atoms with Crippen molar-refractivity contribution < 1.29 is 27.7 Å². The molecule has 3 aromatic carbocycles. The molecule has 0 saturated carbocycles. The highest BCUT2D eigenvalue weighted by molar-refractivity contribution is 6.15. The molecular formula is C30H29FNO2+. The van der Waals surface area contributed by atoms with E-state index in [9.17, 15) is 2.74 Å². The van der Waals surface area contributed by atoms with Crippen LogP contribution in [0.5, 0.6) is 5.75 Å². The van der Waals surface area contributed by atoms with Gasteiger partial charge in [0.2, 0.25) is 5.69 Å². The van der Waals surface area contributed by atoms with Gasteiger partial charge >= 0.3 is 0 Å². The van der Waals surface area contributed by atoms with E-state index in [1.54, 1.807) is 26.8 Å². The fourth-order valence-electron chi connectivity index (χ4n) is 4.26. The third-order valence-electron chi connectivity index (χ3n) is 5.62. The van der Waals surface area contributed by atoms with E-state index in [0.717, 1.165) is 6.07 Å². The molecule has 0 fully saturated rings. The smallest absolute Gasteiger partial charge is 0.219 e. The second-order valence-electron chi connectivity index (χ2n) is 9.18. The minimum atomic E-state index is -1.92. The van der Waals surface area contributed by atoms with E-state index in [0.29, 0.717) is 27.8 Å². The van der Waals surface area contributed by atoms with Crippen molar-refractivity contribution in [2.24, 2.45) is 12.5 Å². The molecule has 0 aliphatic heterocycles. The highest BCUT2D eigenvalue weighted by atomic mass is 19.1. The predicted molar refractivity (Wildman–Crippen MR) is 135 cm³/mol. The van der Waals surface area contributed by atoms with Crippen molar-refractivity contribution in [2.75, 3.05) is 7.11 Å². The number of hydrogen-bond acceptors (Lipinski definition) is 2. The van der Waals surface area contributed by atoms with Crippen LogP contribution in [0.4, 0.5) is 4.39 Å². The van der Waals surface area contributed by atoms with Crippen molar-refractivity contribution in [3.8, 4) is 28.1 Å². The van der Waals surface area contributed by atoms with Crippen molar-refractivity contribution in [1.29, 1.82) is 0 Å². The zero-order valence-electron chi connectivity index (χ0n) is 26.7. The summed E-state index contributed by atoms with van der Waals surface area (Å²) in [6.07, 6.45) is -0.0819. The van der Waals surface area contributed by atoms with E-state index < -0.39 is 47.8 Å². The van der Waals surface area contributed by atoms with Crippen molar-refractivity contribution in [3.63, 3.8) is 0 Å². The van der Waals surface area contributed by atoms with Gasteiger partial charge in [-0.05, 0) is 47.2 Å². The first-order chi connectivity index (χ1) is 19.1. The molecule has 172 valence electrons. The van der Waals surface area contributed by atoms with Crippen LogP contribution in [-0.2, 0) is 13.4 Å². The lowest BCUT2D eigenvalue weighted by molar-refractivity contribution is -0.660. The number of methoxy groups -OCH3 is 1. The van der Waals surface area contributed by atoms with Crippen LogP contribution >= 0.6 is 0 Å². The second-order valence-corrected chi connectivity index (χ2v) is 9.18. The number of pyridine rings is 1. The molecule has 2 aromatic heterocycles. The van der Waals surface area contributed by atoms with Gasteiger partial charge in [0.15, 0.2) is 11.8 Å². The molecule has 0 amide bonds. The summed E-state index contributed by atoms with van der Waals surface area (Å²) in [7, 11) is 3.31. The fraction of sp³-hybridized carbons (Fsp3) is 0.233. The number of fused-ring (bicyclic) bond motifs is 3. The summed E-state index contributed by atoms with van der Waals surface area (Å²) in [4.78, 5) is 0. The number of ether oxygens (including phenoxy) is 1. The normalized spacial score (nSPS) is 15.3. The maximum Gasteiger partial charge on any atom is 0.219 e. The van der Waals surface area contributed by atoms with Gasteiger partial charge in [-0.1, -0.05) is 51.0 Å². The fourth-order valence-corrected chi connectivity index (χ4v) is 4.26. The number of nitrogens with zero attached hydrogens (tertiary/aromatic N) is 1. The molecule has 4 heteroatoms. The highest BCUT2D eigenvalue weighted by Crippen LogP contribution is 2.46. The number of aromatic nitrogens is 1. The lowest BCUT2D eigenvalue weighted by Gasteiger charge is -2.20. The molecule has 0 spiro atoms. The summed E-state index contributed by atoms with van der Waals surface area (Å²) in [5.74, 6) is -0.499. The molecule has 0 aliphatic rings. The molecule has 2 heterocycles. The Balaban J connectivity index is 2.07. The van der Waals surface area contributed by atoms with Gasteiger partial charge in [-0.15, -0.1) is 0 Å². The average Bonchev–Trinajstić information content (AvgIpc) is 3.30. The van der Waals surface area contributed by atoms with Crippen molar-refractivity contribution >= 4 is 21.9 Å². The second kappa shape index (κ2) is 8.28. The Kier molecular flexibility index (Phi) is 3.72. The molecule has 5 aromatic rings. The topological polar surface area (TPSA) is 26.2 Å². The Morgan fingerprint density at radius 2 is 1.82 bits per heavy atom. The van der Waals surface area contributed by atoms with Gasteiger partial charge in [-0.3, -0.25) is 0 Å². The molecule has 5 rings (SSSR count). The summed E-state index contributed by atoms with van der Waals surface area (Å²) >= 11 is 0. The Hall–Kier alpha value is -3.66. The van der Waals surface area contributed by atoms with E-state index in [2.05, 4.69) is 0 Å². The van der Waals surface area contributed by atoms with Gasteiger partial charge in [0.1, 0.15) is 29.8 Å². The standard InChI is InChI=1S/C30H29FNO2/c1-30(2,3)18-20-17-24(33-5)27(23-13-9-10-16-32(23)4)29-25(20)21-14-15-22(31)26(28(21)34-29)19-11-7-6-8-12-19/h6-17H,18H2,1-5H3/q+1/i6D,7D,8D,11D,12D,18D2. The molecule has 0 atom stereocenters. The van der Waals surface area contributed by atoms with Crippen LogP contribution in [0.1, 0.15) is 35.9 Å². The largest absolute Gasteiger partial charge is 0.496 e. The summed E-state index contributed by atoms with van der Waals surface area (Å²) in [6.45, 7) is 5.32. The average molecular weight is 462 g/mol. The van der Waals surface area contributed by atoms with E-state index >= 15 is 4.39 Å². The maximum atomic E-state index is 15.7. The third-order valence-corrected chi connectivity index (χ3v) is 5.62. The molecule has 0 radical (unpaired) electrons. The monoisotopic (exact) mass is 461 g/mol. The van der Waals surface area contributed by atoms with Crippen LogP contribution in [0, 0.1) is 11.2 Å². The molecule has 0 bridgehead atoms. The minimum absolute atomic E-state index is 0.0578. The number of halogens is 1. The number of rotatable bonds is 4. The molecule has 34 heavy (non-hydrogen) atoms. The van der Waals surface area contributed by atoms with Gasteiger partial charge in [0.05, 0.1) is 19.5 Å². The lowest BCUT2D eigenvalue weighted by atomic mass is 9.85. The zero-order chi connectivity index (χ0) is 30.2. The Labute approximate surface area is 209 Å². The van der Waals surface area contributed by atoms with Crippen molar-refractivity contribution in [1.82, 2.24) is 0 Å². The van der Waals surface area contributed by atoms with Gasteiger partial charge in [-0.2, -0.15) is 0 Å². The number of hydrogen-bond donors (Lipinski definition) is 0. The molecule has 0 N–H and O–H groups in total. The number of benzene rings is 3. The maximum absolute atomic E-state index is 15.7. The predicted octanol–water partition coefficient (Wildman–Crippen LogP) is 7.48. The van der Waals surface area contributed by atoms with E-state index in [4.69, 9.17) is 16.0 Å². The molecule has 0 unspecified atom stereocenters. The quantitative estimate of drug-likeness (QED) is 0.259. The summed E-state index contributed by atoms with van der Waals surface area (Å²) in [6, 6.07) is 6.86. The Bertz CT molecular complexity index is 1850. The molecule has 0 saturated heterocycles. The van der Waals surface area contributed by atoms with E-state index in [1.807, 2.05) is 36.0 Å².